The summed E-state index contributed by atoms with van der Waals surface area (Å²) in [4.78, 5) is 12.6. The van der Waals surface area contributed by atoms with Crippen molar-refractivity contribution >= 4 is 11.7 Å². The molecule has 0 saturated carbocycles. The van der Waals surface area contributed by atoms with Crippen molar-refractivity contribution in [2.45, 2.75) is 12.2 Å². The van der Waals surface area contributed by atoms with Gasteiger partial charge in [0, 0.05) is 5.56 Å². The summed E-state index contributed by atoms with van der Waals surface area (Å²) in [6.07, 6.45) is -4.66. The molecule has 0 aliphatic rings. The number of amides is 2. The van der Waals surface area contributed by atoms with Crippen LogP contribution in [-0.4, -0.2) is 16.2 Å². The first-order valence-electron chi connectivity index (χ1n) is 9.69. The first-order chi connectivity index (χ1) is 15.8. The van der Waals surface area contributed by atoms with Gasteiger partial charge in [0.25, 0.3) is 0 Å². The highest BCUT2D eigenvalue weighted by Crippen LogP contribution is 2.34. The van der Waals surface area contributed by atoms with Crippen molar-refractivity contribution in [1.29, 1.82) is 0 Å². The van der Waals surface area contributed by atoms with E-state index >= 15 is 0 Å². The van der Waals surface area contributed by atoms with Gasteiger partial charge in [-0.3, -0.25) is 0 Å². The van der Waals surface area contributed by atoms with Gasteiger partial charge in [-0.1, -0.05) is 42.5 Å². The molecule has 3 aromatic carbocycles. The zero-order chi connectivity index (χ0) is 23.4. The van der Waals surface area contributed by atoms with Crippen molar-refractivity contribution in [2.75, 3.05) is 5.32 Å². The number of para-hydroxylation sites is 1. The van der Waals surface area contributed by atoms with Crippen LogP contribution in [0.3, 0.4) is 0 Å². The predicted octanol–water partition coefficient (Wildman–Crippen LogP) is 5.81. The van der Waals surface area contributed by atoms with E-state index in [0.29, 0.717) is 11.1 Å². The van der Waals surface area contributed by atoms with E-state index in [2.05, 4.69) is 20.8 Å². The summed E-state index contributed by atoms with van der Waals surface area (Å²) in [6, 6.07) is 16.6. The number of carbonyl (C=O) groups is 1. The van der Waals surface area contributed by atoms with Crippen molar-refractivity contribution in [1.82, 2.24) is 15.5 Å². The van der Waals surface area contributed by atoms with Gasteiger partial charge in [0.05, 0.1) is 11.3 Å². The second-order valence-electron chi connectivity index (χ2n) is 6.94. The number of carbonyl (C=O) groups excluding carboxylic acids is 1. The molecule has 10 heteroatoms. The van der Waals surface area contributed by atoms with Crippen LogP contribution in [0.5, 0.6) is 0 Å². The third-order valence-corrected chi connectivity index (χ3v) is 4.67. The first kappa shape index (κ1) is 22.0. The lowest BCUT2D eigenvalue weighted by molar-refractivity contribution is -0.136. The van der Waals surface area contributed by atoms with Gasteiger partial charge in [0.2, 0.25) is 11.8 Å². The maximum absolute atomic E-state index is 13.4. The molecule has 33 heavy (non-hydrogen) atoms. The molecular weight excluding hydrogens is 440 g/mol. The number of nitrogens with one attached hydrogen (secondary N) is 2. The SMILES string of the molecule is O=C(Nc1ccccc1C(F)(F)F)N[C@@H](c1ccc(F)cc1)c1nnc(-c2ccccc2)o1. The second kappa shape index (κ2) is 9.11. The monoisotopic (exact) mass is 456 g/mol. The highest BCUT2D eigenvalue weighted by atomic mass is 19.4. The fraction of sp³-hybridized carbons (Fsp3) is 0.0870. The largest absolute Gasteiger partial charge is 0.418 e. The lowest BCUT2D eigenvalue weighted by atomic mass is 10.1. The molecule has 0 radical (unpaired) electrons. The van der Waals surface area contributed by atoms with Gasteiger partial charge in [-0.15, -0.1) is 10.2 Å². The van der Waals surface area contributed by atoms with Gasteiger partial charge >= 0.3 is 12.2 Å². The van der Waals surface area contributed by atoms with Crippen LogP contribution in [0.1, 0.15) is 23.1 Å². The van der Waals surface area contributed by atoms with E-state index in [9.17, 15) is 22.4 Å². The quantitative estimate of drug-likeness (QED) is 0.372. The molecular formula is C23H16F4N4O2. The molecule has 6 nitrogen and oxygen atoms in total. The molecule has 0 fully saturated rings. The van der Waals surface area contributed by atoms with Crippen LogP contribution >= 0.6 is 0 Å². The van der Waals surface area contributed by atoms with Crippen molar-refractivity contribution in [3.05, 3.63) is 102 Å². The Kier molecular flexibility index (Phi) is 6.07. The van der Waals surface area contributed by atoms with Crippen LogP contribution in [-0.2, 0) is 6.18 Å². The smallest absolute Gasteiger partial charge is 0.418 e. The van der Waals surface area contributed by atoms with Gasteiger partial charge < -0.3 is 15.1 Å². The Morgan fingerprint density at radius 3 is 2.24 bits per heavy atom. The zero-order valence-corrected chi connectivity index (χ0v) is 16.8. The highest BCUT2D eigenvalue weighted by molar-refractivity contribution is 5.90. The van der Waals surface area contributed by atoms with Gasteiger partial charge in [-0.05, 0) is 42.0 Å². The zero-order valence-electron chi connectivity index (χ0n) is 16.8. The number of urea groups is 1. The third-order valence-electron chi connectivity index (χ3n) is 4.67. The number of rotatable bonds is 5. The lowest BCUT2D eigenvalue weighted by Gasteiger charge is -2.18. The number of benzene rings is 3. The summed E-state index contributed by atoms with van der Waals surface area (Å²) in [5, 5.41) is 12.7. The molecule has 4 rings (SSSR count). The number of aromatic nitrogens is 2. The minimum Gasteiger partial charge on any atom is -0.418 e. The molecule has 4 aromatic rings. The fourth-order valence-corrected chi connectivity index (χ4v) is 3.12. The van der Waals surface area contributed by atoms with Crippen LogP contribution in [0.15, 0.2) is 83.3 Å². The molecule has 1 heterocycles. The number of hydrogen-bond acceptors (Lipinski definition) is 4. The van der Waals surface area contributed by atoms with Crippen molar-refractivity contribution in [2.24, 2.45) is 0 Å². The van der Waals surface area contributed by atoms with Crippen molar-refractivity contribution in [3.8, 4) is 11.5 Å². The molecule has 168 valence electrons. The van der Waals surface area contributed by atoms with E-state index in [-0.39, 0.29) is 11.8 Å². The molecule has 0 spiro atoms. The van der Waals surface area contributed by atoms with Crippen LogP contribution in [0.4, 0.5) is 28.0 Å². The van der Waals surface area contributed by atoms with E-state index in [4.69, 9.17) is 4.42 Å². The highest BCUT2D eigenvalue weighted by Gasteiger charge is 2.34. The second-order valence-corrected chi connectivity index (χ2v) is 6.94. The van der Waals surface area contributed by atoms with E-state index < -0.39 is 35.3 Å². The average molecular weight is 456 g/mol. The Balaban J connectivity index is 1.62. The number of halogens is 4. The summed E-state index contributed by atoms with van der Waals surface area (Å²) in [5.74, 6) is -0.349. The topological polar surface area (TPSA) is 80.0 Å². The van der Waals surface area contributed by atoms with E-state index in [1.165, 1.54) is 36.4 Å². The number of hydrogen-bond donors (Lipinski definition) is 2. The van der Waals surface area contributed by atoms with Gasteiger partial charge in [0.1, 0.15) is 11.9 Å². The molecule has 0 saturated heterocycles. The standard InChI is InChI=1S/C23H16F4N4O2/c24-16-12-10-14(11-13-16)19(21-31-30-20(33-21)15-6-2-1-3-7-15)29-22(32)28-18-9-5-4-8-17(18)23(25,26)27/h1-13,19H,(H2,28,29,32)/t19-/m0/s1. The molecule has 1 aromatic heterocycles. The Labute approximate surface area is 185 Å². The van der Waals surface area contributed by atoms with Crippen LogP contribution in [0, 0.1) is 5.82 Å². The maximum Gasteiger partial charge on any atom is 0.418 e. The average Bonchev–Trinajstić information content (AvgIpc) is 3.28. The molecule has 2 amide bonds. The normalized spacial score (nSPS) is 12.2. The van der Waals surface area contributed by atoms with Crippen molar-refractivity contribution in [3.63, 3.8) is 0 Å². The van der Waals surface area contributed by atoms with E-state index in [1.54, 1.807) is 24.3 Å². The van der Waals surface area contributed by atoms with Crippen molar-refractivity contribution < 1.29 is 26.8 Å². The molecule has 0 unspecified atom stereocenters. The molecule has 2 N–H and O–H groups in total. The predicted molar refractivity (Wildman–Crippen MR) is 112 cm³/mol. The van der Waals surface area contributed by atoms with Gasteiger partial charge in [0.15, 0.2) is 0 Å². The summed E-state index contributed by atoms with van der Waals surface area (Å²) >= 11 is 0. The lowest BCUT2D eigenvalue weighted by Crippen LogP contribution is -2.34. The Morgan fingerprint density at radius 1 is 0.879 bits per heavy atom. The minimum absolute atomic E-state index is 0.0280. The van der Waals surface area contributed by atoms with Crippen LogP contribution < -0.4 is 10.6 Å². The summed E-state index contributed by atoms with van der Waals surface area (Å²) in [6.45, 7) is 0. The molecule has 0 bridgehead atoms. The Morgan fingerprint density at radius 2 is 1.55 bits per heavy atom. The van der Waals surface area contributed by atoms with Gasteiger partial charge in [-0.2, -0.15) is 13.2 Å². The Bertz CT molecular complexity index is 1240. The van der Waals surface area contributed by atoms with E-state index in [0.717, 1.165) is 12.1 Å². The summed E-state index contributed by atoms with van der Waals surface area (Å²) < 4.78 is 58.9. The first-order valence-corrected chi connectivity index (χ1v) is 9.69. The third kappa shape index (κ3) is 5.17. The number of anilines is 1. The molecule has 0 aliphatic carbocycles. The Hall–Kier alpha value is -4.21. The molecule has 1 atom stereocenters. The van der Waals surface area contributed by atoms with Gasteiger partial charge in [-0.25, -0.2) is 9.18 Å². The maximum atomic E-state index is 13.4. The number of nitrogens with zero attached hydrogens (tertiary/aromatic N) is 2. The van der Waals surface area contributed by atoms with Crippen LogP contribution in [0.2, 0.25) is 0 Å². The summed E-state index contributed by atoms with van der Waals surface area (Å²) in [5.41, 5.74) is -0.393. The van der Waals surface area contributed by atoms with E-state index in [1.807, 2.05) is 6.07 Å². The fourth-order valence-electron chi connectivity index (χ4n) is 3.12. The van der Waals surface area contributed by atoms with Crippen LogP contribution in [0.25, 0.3) is 11.5 Å². The molecule has 0 aliphatic heterocycles. The number of alkyl halides is 3. The summed E-state index contributed by atoms with van der Waals surface area (Å²) in [7, 11) is 0. The minimum atomic E-state index is -4.66.